The zero-order valence-corrected chi connectivity index (χ0v) is 12.1. The topological polar surface area (TPSA) is 62.2 Å². The smallest absolute Gasteiger partial charge is 0.234 e. The Labute approximate surface area is 125 Å². The molecule has 0 aliphatic heterocycles. The molecular formula is C15H15FN2O2S. The van der Waals surface area contributed by atoms with E-state index < -0.39 is 5.41 Å². The van der Waals surface area contributed by atoms with Gasteiger partial charge in [0.1, 0.15) is 5.82 Å². The number of aliphatic hydroxyl groups excluding tert-OH is 1. The Kier molecular flexibility index (Phi) is 3.73. The van der Waals surface area contributed by atoms with E-state index in [1.54, 1.807) is 12.3 Å². The quantitative estimate of drug-likeness (QED) is 0.892. The third-order valence-corrected chi connectivity index (χ3v) is 4.59. The second kappa shape index (κ2) is 5.54. The van der Waals surface area contributed by atoms with E-state index in [-0.39, 0.29) is 18.3 Å². The predicted octanol–water partition coefficient (Wildman–Crippen LogP) is 2.58. The van der Waals surface area contributed by atoms with Crippen LogP contribution in [0.4, 0.5) is 9.52 Å². The lowest BCUT2D eigenvalue weighted by molar-refractivity contribution is -0.122. The Bertz CT molecular complexity index is 667. The van der Waals surface area contributed by atoms with Crippen LogP contribution in [0.3, 0.4) is 0 Å². The van der Waals surface area contributed by atoms with Crippen molar-refractivity contribution in [1.82, 2.24) is 4.98 Å². The highest BCUT2D eigenvalue weighted by molar-refractivity contribution is 7.15. The molecule has 2 aromatic rings. The maximum absolute atomic E-state index is 13.1. The molecule has 1 heterocycles. The van der Waals surface area contributed by atoms with Crippen LogP contribution in [0.15, 0.2) is 30.5 Å². The molecule has 1 aliphatic rings. The Morgan fingerprint density at radius 1 is 1.48 bits per heavy atom. The SMILES string of the molecule is O=C(Nc1ncc(Cc2cccc(F)c2)s1)C1(CO)CC1. The molecule has 1 aromatic heterocycles. The molecular weight excluding hydrogens is 291 g/mol. The summed E-state index contributed by atoms with van der Waals surface area (Å²) in [6, 6.07) is 6.42. The van der Waals surface area contributed by atoms with E-state index in [9.17, 15) is 14.3 Å². The summed E-state index contributed by atoms with van der Waals surface area (Å²) in [7, 11) is 0. The van der Waals surface area contributed by atoms with Crippen LogP contribution in [-0.4, -0.2) is 22.6 Å². The van der Waals surface area contributed by atoms with Gasteiger partial charge in [0, 0.05) is 17.5 Å². The van der Waals surface area contributed by atoms with Crippen LogP contribution in [0.2, 0.25) is 0 Å². The van der Waals surface area contributed by atoms with E-state index in [1.165, 1.54) is 23.5 Å². The largest absolute Gasteiger partial charge is 0.395 e. The molecule has 1 fully saturated rings. The van der Waals surface area contributed by atoms with Gasteiger partial charge in [0.15, 0.2) is 5.13 Å². The number of aromatic nitrogens is 1. The molecule has 1 amide bonds. The summed E-state index contributed by atoms with van der Waals surface area (Å²) in [5, 5.41) is 12.5. The summed E-state index contributed by atoms with van der Waals surface area (Å²) in [5.74, 6) is -0.430. The van der Waals surface area contributed by atoms with Crippen molar-refractivity contribution in [3.05, 3.63) is 46.7 Å². The summed E-state index contributed by atoms with van der Waals surface area (Å²) in [4.78, 5) is 17.1. The van der Waals surface area contributed by atoms with Crippen molar-refractivity contribution in [2.45, 2.75) is 19.3 Å². The molecule has 0 saturated heterocycles. The fraction of sp³-hybridized carbons (Fsp3) is 0.333. The van der Waals surface area contributed by atoms with E-state index in [0.717, 1.165) is 23.3 Å². The van der Waals surface area contributed by atoms with Crippen LogP contribution in [0, 0.1) is 11.2 Å². The van der Waals surface area contributed by atoms with Gasteiger partial charge in [-0.2, -0.15) is 0 Å². The second-order valence-corrected chi connectivity index (χ2v) is 6.45. The summed E-state index contributed by atoms with van der Waals surface area (Å²) in [5.41, 5.74) is 0.263. The third kappa shape index (κ3) is 3.11. The molecule has 1 aliphatic carbocycles. The average molecular weight is 306 g/mol. The van der Waals surface area contributed by atoms with Crippen molar-refractivity contribution in [1.29, 1.82) is 0 Å². The maximum atomic E-state index is 13.1. The van der Waals surface area contributed by atoms with Gasteiger partial charge in [0.25, 0.3) is 0 Å². The fourth-order valence-corrected chi connectivity index (χ4v) is 2.97. The minimum atomic E-state index is -0.603. The molecule has 110 valence electrons. The molecule has 1 aromatic carbocycles. The molecule has 0 unspecified atom stereocenters. The third-order valence-electron chi connectivity index (χ3n) is 3.68. The number of hydrogen-bond donors (Lipinski definition) is 2. The van der Waals surface area contributed by atoms with E-state index in [0.29, 0.717) is 11.6 Å². The molecule has 1 saturated carbocycles. The molecule has 2 N–H and O–H groups in total. The predicted molar refractivity (Wildman–Crippen MR) is 78.7 cm³/mol. The monoisotopic (exact) mass is 306 g/mol. The van der Waals surface area contributed by atoms with Crippen molar-refractivity contribution >= 4 is 22.4 Å². The molecule has 0 spiro atoms. The minimum Gasteiger partial charge on any atom is -0.395 e. The van der Waals surface area contributed by atoms with Gasteiger partial charge >= 0.3 is 0 Å². The zero-order chi connectivity index (χ0) is 14.9. The fourth-order valence-electron chi connectivity index (χ4n) is 2.13. The molecule has 21 heavy (non-hydrogen) atoms. The summed E-state index contributed by atoms with van der Waals surface area (Å²) in [6.07, 6.45) is 3.70. The van der Waals surface area contributed by atoms with Crippen LogP contribution in [-0.2, 0) is 11.2 Å². The van der Waals surface area contributed by atoms with E-state index >= 15 is 0 Å². The van der Waals surface area contributed by atoms with E-state index in [4.69, 9.17) is 0 Å². The number of thiazole rings is 1. The minimum absolute atomic E-state index is 0.125. The highest BCUT2D eigenvalue weighted by atomic mass is 32.1. The highest BCUT2D eigenvalue weighted by Crippen LogP contribution is 2.46. The summed E-state index contributed by atoms with van der Waals surface area (Å²) >= 11 is 1.37. The first-order valence-electron chi connectivity index (χ1n) is 6.73. The van der Waals surface area contributed by atoms with Crippen LogP contribution in [0.25, 0.3) is 0 Å². The highest BCUT2D eigenvalue weighted by Gasteiger charge is 2.49. The first-order valence-corrected chi connectivity index (χ1v) is 7.54. The van der Waals surface area contributed by atoms with Crippen molar-refractivity contribution in [3.8, 4) is 0 Å². The number of rotatable bonds is 5. The first kappa shape index (κ1) is 14.2. The van der Waals surface area contributed by atoms with Crippen molar-refractivity contribution in [3.63, 3.8) is 0 Å². The number of nitrogens with one attached hydrogen (secondary N) is 1. The summed E-state index contributed by atoms with van der Waals surface area (Å²) < 4.78 is 13.1. The summed E-state index contributed by atoms with van der Waals surface area (Å²) in [6.45, 7) is -0.125. The Morgan fingerprint density at radius 2 is 2.29 bits per heavy atom. The van der Waals surface area contributed by atoms with Gasteiger partial charge in [-0.05, 0) is 30.5 Å². The Hall–Kier alpha value is -1.79. The molecule has 0 radical (unpaired) electrons. The van der Waals surface area contributed by atoms with Crippen molar-refractivity contribution in [2.24, 2.45) is 5.41 Å². The normalized spacial score (nSPS) is 15.7. The maximum Gasteiger partial charge on any atom is 0.234 e. The Balaban J connectivity index is 1.65. The van der Waals surface area contributed by atoms with Gasteiger partial charge < -0.3 is 10.4 Å². The molecule has 0 atom stereocenters. The number of hydrogen-bond acceptors (Lipinski definition) is 4. The number of carbonyl (C=O) groups excluding carboxylic acids is 1. The van der Waals surface area contributed by atoms with Crippen molar-refractivity contribution < 1.29 is 14.3 Å². The van der Waals surface area contributed by atoms with E-state index in [1.807, 2.05) is 6.07 Å². The van der Waals surface area contributed by atoms with Gasteiger partial charge in [-0.1, -0.05) is 12.1 Å². The molecule has 3 rings (SSSR count). The number of nitrogens with zero attached hydrogens (tertiary/aromatic N) is 1. The zero-order valence-electron chi connectivity index (χ0n) is 11.3. The molecule has 4 nitrogen and oxygen atoms in total. The standard InChI is InChI=1S/C15H15FN2O2S/c16-11-3-1-2-10(6-11)7-12-8-17-14(21-12)18-13(20)15(9-19)4-5-15/h1-3,6,8,19H,4-5,7,9H2,(H,17,18,20). The van der Waals surface area contributed by atoms with Crippen LogP contribution < -0.4 is 5.32 Å². The van der Waals surface area contributed by atoms with Crippen molar-refractivity contribution in [2.75, 3.05) is 11.9 Å². The molecule has 6 heteroatoms. The number of amides is 1. The number of benzene rings is 1. The molecule has 0 bridgehead atoms. The van der Waals surface area contributed by atoms with Crippen LogP contribution in [0.1, 0.15) is 23.3 Å². The van der Waals surface area contributed by atoms with Gasteiger partial charge in [-0.25, -0.2) is 9.37 Å². The van der Waals surface area contributed by atoms with Gasteiger partial charge in [0.2, 0.25) is 5.91 Å². The van der Waals surface area contributed by atoms with Crippen LogP contribution in [0.5, 0.6) is 0 Å². The van der Waals surface area contributed by atoms with Crippen LogP contribution >= 0.6 is 11.3 Å². The number of anilines is 1. The number of halogens is 1. The number of carbonyl (C=O) groups is 1. The average Bonchev–Trinajstić information content (AvgIpc) is 3.16. The second-order valence-electron chi connectivity index (χ2n) is 5.33. The lowest BCUT2D eigenvalue weighted by Crippen LogP contribution is -2.27. The van der Waals surface area contributed by atoms with Gasteiger partial charge in [-0.3, -0.25) is 4.79 Å². The van der Waals surface area contributed by atoms with Gasteiger partial charge in [0.05, 0.1) is 12.0 Å². The first-order chi connectivity index (χ1) is 10.1. The number of aliphatic hydroxyl groups is 1. The lowest BCUT2D eigenvalue weighted by Gasteiger charge is -2.09. The Morgan fingerprint density at radius 3 is 2.95 bits per heavy atom. The van der Waals surface area contributed by atoms with E-state index in [2.05, 4.69) is 10.3 Å². The van der Waals surface area contributed by atoms with Gasteiger partial charge in [-0.15, -0.1) is 11.3 Å². The lowest BCUT2D eigenvalue weighted by atomic mass is 10.1.